The topological polar surface area (TPSA) is 47.0 Å². The Hall–Kier alpha value is -2.79. The molecule has 0 fully saturated rings. The van der Waals surface area contributed by atoms with Crippen LogP contribution in [0.3, 0.4) is 0 Å². The molecule has 0 spiro atoms. The lowest BCUT2D eigenvalue weighted by atomic mass is 10.1. The van der Waals surface area contributed by atoms with E-state index in [1.54, 1.807) is 48.5 Å². The molecule has 0 aliphatic carbocycles. The van der Waals surface area contributed by atoms with E-state index in [9.17, 15) is 12.8 Å². The molecule has 1 heterocycles. The van der Waals surface area contributed by atoms with E-state index >= 15 is 0 Å². The summed E-state index contributed by atoms with van der Waals surface area (Å²) in [6.45, 7) is 0. The third-order valence-electron chi connectivity index (χ3n) is 3.44. The van der Waals surface area contributed by atoms with Crippen LogP contribution in [-0.2, 0) is 9.84 Å². The number of halogens is 1. The van der Waals surface area contributed by atoms with Gasteiger partial charge in [0.1, 0.15) is 5.82 Å². The molecule has 0 atom stereocenters. The van der Waals surface area contributed by atoms with E-state index in [1.807, 2.05) is 12.2 Å². The number of nitrogens with zero attached hydrogens (tertiary/aromatic N) is 1. The molecule has 0 saturated heterocycles. The molecular weight excluding hydrogens is 325 g/mol. The number of rotatable bonds is 4. The highest BCUT2D eigenvalue weighted by Crippen LogP contribution is 2.19. The van der Waals surface area contributed by atoms with Crippen LogP contribution < -0.4 is 0 Å². The van der Waals surface area contributed by atoms with Crippen LogP contribution in [0.25, 0.3) is 12.2 Å². The van der Waals surface area contributed by atoms with Crippen LogP contribution in [0.5, 0.6) is 0 Å². The smallest absolute Gasteiger partial charge is 0.223 e. The van der Waals surface area contributed by atoms with Crippen LogP contribution in [-0.4, -0.2) is 13.4 Å². The Morgan fingerprint density at radius 1 is 0.792 bits per heavy atom. The summed E-state index contributed by atoms with van der Waals surface area (Å²) in [6, 6.07) is 17.4. The van der Waals surface area contributed by atoms with Crippen molar-refractivity contribution in [3.05, 3.63) is 89.9 Å². The van der Waals surface area contributed by atoms with E-state index in [0.717, 1.165) is 11.1 Å². The molecule has 1 aromatic heterocycles. The summed E-state index contributed by atoms with van der Waals surface area (Å²) in [4.78, 5) is 4.09. The van der Waals surface area contributed by atoms with Gasteiger partial charge in [-0.2, -0.15) is 0 Å². The predicted molar refractivity (Wildman–Crippen MR) is 91.5 cm³/mol. The van der Waals surface area contributed by atoms with Crippen molar-refractivity contribution in [1.29, 1.82) is 0 Å². The van der Waals surface area contributed by atoms with Crippen molar-refractivity contribution in [2.75, 3.05) is 0 Å². The zero-order chi connectivity index (χ0) is 17.0. The Morgan fingerprint density at radius 3 is 1.92 bits per heavy atom. The average molecular weight is 339 g/mol. The highest BCUT2D eigenvalue weighted by atomic mass is 32.2. The molecule has 0 bridgehead atoms. The van der Waals surface area contributed by atoms with Gasteiger partial charge >= 0.3 is 0 Å². The van der Waals surface area contributed by atoms with Crippen LogP contribution in [0, 0.1) is 5.82 Å². The first kappa shape index (κ1) is 16.1. The van der Waals surface area contributed by atoms with Gasteiger partial charge in [0.15, 0.2) is 5.03 Å². The minimum atomic E-state index is -3.60. The first-order chi connectivity index (χ1) is 11.6. The SMILES string of the molecule is O=S(=O)(c1ccc(C=Cc2ccc(F)cc2)cc1)c1ccccn1. The summed E-state index contributed by atoms with van der Waals surface area (Å²) in [5.41, 5.74) is 1.71. The molecule has 3 nitrogen and oxygen atoms in total. The van der Waals surface area contributed by atoms with Crippen LogP contribution in [0.4, 0.5) is 4.39 Å². The Labute approximate surface area is 140 Å². The van der Waals surface area contributed by atoms with E-state index in [1.165, 1.54) is 24.4 Å². The molecule has 0 aliphatic heterocycles. The third kappa shape index (κ3) is 3.58. The van der Waals surface area contributed by atoms with Crippen LogP contribution in [0.1, 0.15) is 11.1 Å². The Balaban J connectivity index is 1.82. The third-order valence-corrected chi connectivity index (χ3v) is 5.13. The fourth-order valence-corrected chi connectivity index (χ4v) is 3.34. The summed E-state index contributed by atoms with van der Waals surface area (Å²) in [6.07, 6.45) is 5.12. The van der Waals surface area contributed by atoms with Gasteiger partial charge in [0.05, 0.1) is 4.90 Å². The lowest BCUT2D eigenvalue weighted by molar-refractivity contribution is 0.592. The molecule has 2 aromatic carbocycles. The first-order valence-corrected chi connectivity index (χ1v) is 8.74. The minimum absolute atomic E-state index is 0.0274. The van der Waals surface area contributed by atoms with Gasteiger partial charge in [0, 0.05) is 6.20 Å². The second-order valence-electron chi connectivity index (χ2n) is 5.13. The molecule has 0 unspecified atom stereocenters. The van der Waals surface area contributed by atoms with Crippen LogP contribution in [0.15, 0.2) is 82.8 Å². The maximum absolute atomic E-state index is 12.9. The molecule has 3 rings (SSSR count). The number of hydrogen-bond donors (Lipinski definition) is 0. The molecule has 0 amide bonds. The van der Waals surface area contributed by atoms with Crippen molar-refractivity contribution < 1.29 is 12.8 Å². The number of aromatic nitrogens is 1. The maximum atomic E-state index is 12.9. The quantitative estimate of drug-likeness (QED) is 0.669. The summed E-state index contributed by atoms with van der Waals surface area (Å²) in [5.74, 6) is -0.281. The summed E-state index contributed by atoms with van der Waals surface area (Å²) in [5, 5.41) is 0.0274. The first-order valence-electron chi connectivity index (χ1n) is 7.25. The van der Waals surface area contributed by atoms with E-state index < -0.39 is 9.84 Å². The van der Waals surface area contributed by atoms with Crippen molar-refractivity contribution in [1.82, 2.24) is 4.98 Å². The van der Waals surface area contributed by atoms with Gasteiger partial charge in [-0.3, -0.25) is 0 Å². The highest BCUT2D eigenvalue weighted by molar-refractivity contribution is 7.91. The largest absolute Gasteiger partial charge is 0.244 e. The van der Waals surface area contributed by atoms with E-state index in [-0.39, 0.29) is 15.7 Å². The number of hydrogen-bond acceptors (Lipinski definition) is 3. The lowest BCUT2D eigenvalue weighted by Gasteiger charge is -2.04. The maximum Gasteiger partial charge on any atom is 0.223 e. The second-order valence-corrected chi connectivity index (χ2v) is 7.02. The van der Waals surface area contributed by atoms with E-state index in [0.29, 0.717) is 0 Å². The van der Waals surface area contributed by atoms with Crippen molar-refractivity contribution >= 4 is 22.0 Å². The van der Waals surface area contributed by atoms with Gasteiger partial charge in [-0.15, -0.1) is 0 Å². The molecule has 0 radical (unpaired) electrons. The summed E-state index contributed by atoms with van der Waals surface area (Å²) in [7, 11) is -3.60. The minimum Gasteiger partial charge on any atom is -0.244 e. The molecule has 120 valence electrons. The van der Waals surface area contributed by atoms with Gasteiger partial charge < -0.3 is 0 Å². The van der Waals surface area contributed by atoms with Gasteiger partial charge in [0.25, 0.3) is 0 Å². The lowest BCUT2D eigenvalue weighted by Crippen LogP contribution is -2.03. The summed E-state index contributed by atoms with van der Waals surface area (Å²) >= 11 is 0. The van der Waals surface area contributed by atoms with Crippen molar-refractivity contribution in [2.45, 2.75) is 9.92 Å². The molecular formula is C19H14FNO2S. The van der Waals surface area contributed by atoms with Crippen LogP contribution >= 0.6 is 0 Å². The van der Waals surface area contributed by atoms with Gasteiger partial charge in [-0.25, -0.2) is 17.8 Å². The summed E-state index contributed by atoms with van der Waals surface area (Å²) < 4.78 is 37.7. The monoisotopic (exact) mass is 339 g/mol. The molecule has 5 heteroatoms. The normalized spacial score (nSPS) is 11.7. The molecule has 0 saturated carbocycles. The Bertz CT molecular complexity index is 949. The second kappa shape index (κ2) is 6.76. The highest BCUT2D eigenvalue weighted by Gasteiger charge is 2.18. The average Bonchev–Trinajstić information content (AvgIpc) is 2.62. The molecule has 0 N–H and O–H groups in total. The fraction of sp³-hybridized carbons (Fsp3) is 0. The Morgan fingerprint density at radius 2 is 1.38 bits per heavy atom. The van der Waals surface area contributed by atoms with Crippen molar-refractivity contribution in [2.24, 2.45) is 0 Å². The predicted octanol–water partition coefficient (Wildman–Crippen LogP) is 4.22. The van der Waals surface area contributed by atoms with E-state index in [2.05, 4.69) is 4.98 Å². The van der Waals surface area contributed by atoms with Gasteiger partial charge in [0.2, 0.25) is 9.84 Å². The van der Waals surface area contributed by atoms with Gasteiger partial charge in [-0.1, -0.05) is 42.5 Å². The zero-order valence-electron chi connectivity index (χ0n) is 12.6. The van der Waals surface area contributed by atoms with Crippen LogP contribution in [0.2, 0.25) is 0 Å². The van der Waals surface area contributed by atoms with Crippen molar-refractivity contribution in [3.8, 4) is 0 Å². The fourth-order valence-electron chi connectivity index (χ4n) is 2.15. The van der Waals surface area contributed by atoms with Gasteiger partial charge in [-0.05, 0) is 47.5 Å². The standard InChI is InChI=1S/C19H14FNO2S/c20-17-10-6-15(7-11-17)4-5-16-8-12-18(13-9-16)24(22,23)19-3-1-2-14-21-19/h1-14H. The zero-order valence-corrected chi connectivity index (χ0v) is 13.4. The van der Waals surface area contributed by atoms with E-state index in [4.69, 9.17) is 0 Å². The number of pyridine rings is 1. The van der Waals surface area contributed by atoms with Crippen molar-refractivity contribution in [3.63, 3.8) is 0 Å². The molecule has 24 heavy (non-hydrogen) atoms. The Kier molecular flexibility index (Phi) is 4.53. The number of sulfone groups is 1. The molecule has 0 aliphatic rings. The number of benzene rings is 2. The molecule has 3 aromatic rings.